The van der Waals surface area contributed by atoms with Gasteiger partial charge in [0.2, 0.25) is 10.0 Å². The van der Waals surface area contributed by atoms with Crippen LogP contribution in [0.15, 0.2) is 6.07 Å². The van der Waals surface area contributed by atoms with Crippen molar-refractivity contribution in [3.05, 3.63) is 17.5 Å². The molecule has 1 aromatic rings. The number of aromatic nitrogens is 2. The van der Waals surface area contributed by atoms with Gasteiger partial charge in [0.1, 0.15) is 5.69 Å². The van der Waals surface area contributed by atoms with Crippen molar-refractivity contribution in [2.75, 3.05) is 33.1 Å². The third-order valence-electron chi connectivity index (χ3n) is 4.42. The number of carbonyl (C=O) groups is 1. The van der Waals surface area contributed by atoms with E-state index in [1.165, 1.54) is 0 Å². The molecule has 1 saturated heterocycles. The average molecular weight is 358 g/mol. The minimum atomic E-state index is -3.33. The van der Waals surface area contributed by atoms with Crippen LogP contribution in [0.1, 0.15) is 35.4 Å². The van der Waals surface area contributed by atoms with Crippen LogP contribution < -0.4 is 4.72 Å². The van der Waals surface area contributed by atoms with Gasteiger partial charge in [0.15, 0.2) is 0 Å². The van der Waals surface area contributed by atoms with Crippen LogP contribution in [-0.4, -0.2) is 67.6 Å². The number of methoxy groups -OCH3 is 1. The number of ether oxygens (including phenoxy) is 1. The van der Waals surface area contributed by atoms with E-state index < -0.39 is 15.6 Å². The van der Waals surface area contributed by atoms with E-state index >= 15 is 0 Å². The van der Waals surface area contributed by atoms with Crippen molar-refractivity contribution in [2.24, 2.45) is 7.05 Å². The Hall–Kier alpha value is -1.45. The molecule has 8 nitrogen and oxygen atoms in total. The van der Waals surface area contributed by atoms with Crippen molar-refractivity contribution in [1.29, 1.82) is 0 Å². The van der Waals surface area contributed by atoms with Gasteiger partial charge in [-0.2, -0.15) is 5.10 Å². The number of nitrogens with one attached hydrogen (secondary N) is 1. The van der Waals surface area contributed by atoms with Gasteiger partial charge in [-0.15, -0.1) is 0 Å². The largest absolute Gasteiger partial charge is 0.385 e. The predicted molar refractivity (Wildman–Crippen MR) is 90.3 cm³/mol. The minimum absolute atomic E-state index is 0.0715. The van der Waals surface area contributed by atoms with Crippen molar-refractivity contribution >= 4 is 15.9 Å². The minimum Gasteiger partial charge on any atom is -0.385 e. The monoisotopic (exact) mass is 358 g/mol. The predicted octanol–water partition coefficient (Wildman–Crippen LogP) is 0.289. The highest BCUT2D eigenvalue weighted by atomic mass is 32.2. The molecule has 0 atom stereocenters. The van der Waals surface area contributed by atoms with E-state index in [0.29, 0.717) is 44.7 Å². The van der Waals surface area contributed by atoms with Crippen molar-refractivity contribution in [1.82, 2.24) is 19.4 Å². The topological polar surface area (TPSA) is 93.5 Å². The Bertz CT molecular complexity index is 690. The summed E-state index contributed by atoms with van der Waals surface area (Å²) in [5.41, 5.74) is 0.793. The molecule has 2 heterocycles. The molecule has 0 aromatic carbocycles. The molecule has 9 heteroatoms. The van der Waals surface area contributed by atoms with Gasteiger partial charge in [-0.1, -0.05) is 0 Å². The maximum Gasteiger partial charge on any atom is 0.272 e. The van der Waals surface area contributed by atoms with Crippen LogP contribution in [-0.2, 0) is 21.8 Å². The van der Waals surface area contributed by atoms with E-state index in [1.54, 1.807) is 29.8 Å². The SMILES string of the molecule is COCCC1(NS(C)(=O)=O)CCN(C(=O)c2cc(C)nn2C)CC1. The Balaban J connectivity index is 2.09. The molecule has 0 radical (unpaired) electrons. The molecule has 0 bridgehead atoms. The number of carbonyl (C=O) groups excluding carboxylic acids is 1. The van der Waals surface area contributed by atoms with Gasteiger partial charge in [0.25, 0.3) is 5.91 Å². The third-order valence-corrected chi connectivity index (χ3v) is 5.22. The summed E-state index contributed by atoms with van der Waals surface area (Å²) in [4.78, 5) is 14.4. The molecule has 1 N–H and O–H groups in total. The first-order valence-corrected chi connectivity index (χ1v) is 9.83. The molecule has 0 unspecified atom stereocenters. The fourth-order valence-corrected chi connectivity index (χ4v) is 4.30. The molecule has 1 aliphatic heterocycles. The molecule has 2 rings (SSSR count). The van der Waals surface area contributed by atoms with Crippen LogP contribution >= 0.6 is 0 Å². The number of likely N-dealkylation sites (tertiary alicyclic amines) is 1. The Morgan fingerprint density at radius 2 is 2.04 bits per heavy atom. The van der Waals surface area contributed by atoms with E-state index in [0.717, 1.165) is 11.9 Å². The zero-order chi connectivity index (χ0) is 18.0. The van der Waals surface area contributed by atoms with Gasteiger partial charge in [-0.3, -0.25) is 9.48 Å². The van der Waals surface area contributed by atoms with Crippen molar-refractivity contribution in [3.8, 4) is 0 Å². The van der Waals surface area contributed by atoms with E-state index in [-0.39, 0.29) is 5.91 Å². The second-order valence-electron chi connectivity index (χ2n) is 6.48. The standard InChI is InChI=1S/C15H26N4O4S/c1-12-11-13(18(2)16-12)14(20)19-8-5-15(6-9-19,7-10-23-3)17-24(4,21)22/h11,17H,5-10H2,1-4H3. The van der Waals surface area contributed by atoms with Crippen LogP contribution in [0.3, 0.4) is 0 Å². The zero-order valence-corrected chi connectivity index (χ0v) is 15.5. The smallest absolute Gasteiger partial charge is 0.272 e. The molecule has 136 valence electrons. The Morgan fingerprint density at radius 3 is 2.50 bits per heavy atom. The highest BCUT2D eigenvalue weighted by Crippen LogP contribution is 2.27. The Kier molecular flexibility index (Phi) is 5.67. The summed E-state index contributed by atoms with van der Waals surface area (Å²) < 4.78 is 32.9. The van der Waals surface area contributed by atoms with Crippen LogP contribution in [0.5, 0.6) is 0 Å². The maximum absolute atomic E-state index is 12.6. The van der Waals surface area contributed by atoms with Crippen LogP contribution in [0.2, 0.25) is 0 Å². The van der Waals surface area contributed by atoms with E-state index in [1.807, 2.05) is 6.92 Å². The summed E-state index contributed by atoms with van der Waals surface area (Å²) in [5, 5.41) is 4.21. The second kappa shape index (κ2) is 7.20. The number of rotatable bonds is 6. The quantitative estimate of drug-likeness (QED) is 0.789. The lowest BCUT2D eigenvalue weighted by Crippen LogP contribution is -2.56. The fourth-order valence-electron chi connectivity index (χ4n) is 3.20. The molecular formula is C15H26N4O4S. The number of amides is 1. The number of hydrogen-bond donors (Lipinski definition) is 1. The summed E-state index contributed by atoms with van der Waals surface area (Å²) in [6.45, 7) is 3.31. The normalized spacial score (nSPS) is 17.9. The second-order valence-corrected chi connectivity index (χ2v) is 8.23. The lowest BCUT2D eigenvalue weighted by atomic mass is 9.85. The highest BCUT2D eigenvalue weighted by Gasteiger charge is 2.38. The summed E-state index contributed by atoms with van der Waals surface area (Å²) in [6.07, 6.45) is 2.87. The van der Waals surface area contributed by atoms with Gasteiger partial charge >= 0.3 is 0 Å². The van der Waals surface area contributed by atoms with Gasteiger partial charge in [0, 0.05) is 39.4 Å². The molecule has 1 aliphatic rings. The molecule has 1 aromatic heterocycles. The molecule has 0 spiro atoms. The third kappa shape index (κ3) is 4.55. The molecule has 0 aliphatic carbocycles. The summed E-state index contributed by atoms with van der Waals surface area (Å²) >= 11 is 0. The van der Waals surface area contributed by atoms with Gasteiger partial charge in [-0.25, -0.2) is 13.1 Å². The average Bonchev–Trinajstić information content (AvgIpc) is 2.82. The Morgan fingerprint density at radius 1 is 1.42 bits per heavy atom. The maximum atomic E-state index is 12.6. The van der Waals surface area contributed by atoms with Crippen molar-refractivity contribution in [2.45, 2.75) is 31.7 Å². The van der Waals surface area contributed by atoms with Gasteiger partial charge < -0.3 is 9.64 Å². The van der Waals surface area contributed by atoms with E-state index in [9.17, 15) is 13.2 Å². The molecule has 24 heavy (non-hydrogen) atoms. The lowest BCUT2D eigenvalue weighted by molar-refractivity contribution is 0.0610. The summed E-state index contributed by atoms with van der Waals surface area (Å²) in [7, 11) is 0.0141. The fraction of sp³-hybridized carbons (Fsp3) is 0.733. The number of hydrogen-bond acceptors (Lipinski definition) is 5. The van der Waals surface area contributed by atoms with Crippen molar-refractivity contribution in [3.63, 3.8) is 0 Å². The summed E-state index contributed by atoms with van der Waals surface area (Å²) in [6, 6.07) is 1.77. The molecule has 1 fully saturated rings. The molecule has 1 amide bonds. The molecular weight excluding hydrogens is 332 g/mol. The summed E-state index contributed by atoms with van der Waals surface area (Å²) in [5.74, 6) is -0.0715. The van der Waals surface area contributed by atoms with Crippen LogP contribution in [0.25, 0.3) is 0 Å². The number of nitrogens with zero attached hydrogens (tertiary/aromatic N) is 3. The number of sulfonamides is 1. The van der Waals surface area contributed by atoms with Gasteiger partial charge in [0.05, 0.1) is 11.9 Å². The van der Waals surface area contributed by atoms with Crippen molar-refractivity contribution < 1.29 is 17.9 Å². The first-order valence-electron chi connectivity index (χ1n) is 7.94. The number of aryl methyl sites for hydroxylation is 2. The van der Waals surface area contributed by atoms with Gasteiger partial charge in [-0.05, 0) is 32.3 Å². The first kappa shape index (κ1) is 18.9. The van der Waals surface area contributed by atoms with Crippen LogP contribution in [0, 0.1) is 6.92 Å². The zero-order valence-electron chi connectivity index (χ0n) is 14.7. The Labute approximate surface area is 143 Å². The number of piperidine rings is 1. The van der Waals surface area contributed by atoms with Crippen LogP contribution in [0.4, 0.5) is 0 Å². The first-order chi connectivity index (χ1) is 11.2. The van der Waals surface area contributed by atoms with E-state index in [2.05, 4.69) is 9.82 Å². The highest BCUT2D eigenvalue weighted by molar-refractivity contribution is 7.88. The van der Waals surface area contributed by atoms with E-state index in [4.69, 9.17) is 4.74 Å². The lowest BCUT2D eigenvalue weighted by Gasteiger charge is -2.41. The molecule has 0 saturated carbocycles.